The molecule has 146 valence electrons. The van der Waals surface area contributed by atoms with E-state index in [4.69, 9.17) is 4.74 Å². The highest BCUT2D eigenvalue weighted by Crippen LogP contribution is 2.14. The van der Waals surface area contributed by atoms with Gasteiger partial charge in [-0.2, -0.15) is 5.10 Å². The van der Waals surface area contributed by atoms with Crippen molar-refractivity contribution in [1.82, 2.24) is 20.0 Å². The molecule has 0 saturated carbocycles. The first-order chi connectivity index (χ1) is 12.9. The number of benzene rings is 1. The quantitative estimate of drug-likeness (QED) is 0.678. The minimum atomic E-state index is -0.332. The summed E-state index contributed by atoms with van der Waals surface area (Å²) < 4.78 is 6.84. The summed E-state index contributed by atoms with van der Waals surface area (Å²) in [7, 11) is 1.71. The average molecular weight is 372 g/mol. The first-order valence-electron chi connectivity index (χ1n) is 9.08. The zero-order valence-corrected chi connectivity index (χ0v) is 16.5. The maximum atomic E-state index is 12.2. The van der Waals surface area contributed by atoms with Crippen molar-refractivity contribution in [1.29, 1.82) is 0 Å². The summed E-state index contributed by atoms with van der Waals surface area (Å²) in [6.45, 7) is 7.39. The number of rotatable bonds is 9. The SMILES string of the molecule is CCOC(=O)CN(C)CC(=O)NCc1c(C)nn(Cc2ccccc2)c1C. The fourth-order valence-corrected chi connectivity index (χ4v) is 2.87. The number of carbonyl (C=O) groups is 2. The number of nitrogens with zero attached hydrogens (tertiary/aromatic N) is 3. The second-order valence-electron chi connectivity index (χ2n) is 6.55. The molecule has 0 saturated heterocycles. The molecule has 1 N–H and O–H groups in total. The Morgan fingerprint density at radius 2 is 1.89 bits per heavy atom. The Bertz CT molecular complexity index is 771. The van der Waals surface area contributed by atoms with Gasteiger partial charge in [-0.3, -0.25) is 19.2 Å². The van der Waals surface area contributed by atoms with Crippen LogP contribution < -0.4 is 5.32 Å². The predicted molar refractivity (Wildman–Crippen MR) is 103 cm³/mol. The molecule has 1 aromatic heterocycles. The Morgan fingerprint density at radius 1 is 1.19 bits per heavy atom. The number of hydrogen-bond donors (Lipinski definition) is 1. The summed E-state index contributed by atoms with van der Waals surface area (Å²) in [5.74, 6) is -0.474. The molecule has 0 bridgehead atoms. The van der Waals surface area contributed by atoms with Gasteiger partial charge < -0.3 is 10.1 Å². The lowest BCUT2D eigenvalue weighted by Gasteiger charge is -2.15. The smallest absolute Gasteiger partial charge is 0.320 e. The molecule has 1 heterocycles. The molecule has 0 aliphatic carbocycles. The van der Waals surface area contributed by atoms with E-state index >= 15 is 0 Å². The molecule has 1 aromatic carbocycles. The van der Waals surface area contributed by atoms with Gasteiger partial charge in [-0.25, -0.2) is 0 Å². The minimum absolute atomic E-state index is 0.0916. The number of amides is 1. The second-order valence-corrected chi connectivity index (χ2v) is 6.55. The van der Waals surface area contributed by atoms with Crippen molar-refractivity contribution in [2.24, 2.45) is 0 Å². The van der Waals surface area contributed by atoms with E-state index in [9.17, 15) is 9.59 Å². The molecule has 2 aromatic rings. The summed E-state index contributed by atoms with van der Waals surface area (Å²) in [6.07, 6.45) is 0. The van der Waals surface area contributed by atoms with E-state index in [2.05, 4.69) is 22.5 Å². The summed E-state index contributed by atoms with van der Waals surface area (Å²) in [5, 5.41) is 7.51. The van der Waals surface area contributed by atoms with Crippen LogP contribution in [0.4, 0.5) is 0 Å². The van der Waals surface area contributed by atoms with Crippen LogP contribution in [-0.4, -0.2) is 53.3 Å². The van der Waals surface area contributed by atoms with Crippen LogP contribution in [0.25, 0.3) is 0 Å². The van der Waals surface area contributed by atoms with E-state index in [1.807, 2.05) is 36.7 Å². The normalized spacial score (nSPS) is 10.9. The standard InChI is InChI=1S/C20H28N4O3/c1-5-27-20(26)14-23(4)13-19(25)21-11-18-15(2)22-24(16(18)3)12-17-9-7-6-8-10-17/h6-10H,5,11-14H2,1-4H3,(H,21,25). The van der Waals surface area contributed by atoms with Gasteiger partial charge in [0.1, 0.15) is 0 Å². The zero-order valence-electron chi connectivity index (χ0n) is 16.5. The summed E-state index contributed by atoms with van der Waals surface area (Å²) in [6, 6.07) is 10.1. The monoisotopic (exact) mass is 372 g/mol. The van der Waals surface area contributed by atoms with Crippen LogP contribution in [0.5, 0.6) is 0 Å². The minimum Gasteiger partial charge on any atom is -0.465 e. The Kier molecular flexibility index (Phi) is 7.55. The van der Waals surface area contributed by atoms with Gasteiger partial charge in [-0.15, -0.1) is 0 Å². The Balaban J connectivity index is 1.90. The molecule has 0 radical (unpaired) electrons. The molecule has 0 atom stereocenters. The molecule has 0 fully saturated rings. The van der Waals surface area contributed by atoms with Gasteiger partial charge in [0.05, 0.1) is 31.9 Å². The van der Waals surface area contributed by atoms with Crippen LogP contribution in [0.2, 0.25) is 0 Å². The summed E-state index contributed by atoms with van der Waals surface area (Å²) in [4.78, 5) is 25.2. The average Bonchev–Trinajstić information content (AvgIpc) is 2.87. The molecule has 0 aliphatic heterocycles. The maximum absolute atomic E-state index is 12.2. The molecule has 2 rings (SSSR count). The van der Waals surface area contributed by atoms with Gasteiger partial charge >= 0.3 is 5.97 Å². The third-order valence-electron chi connectivity index (χ3n) is 4.29. The molecular weight excluding hydrogens is 344 g/mol. The Morgan fingerprint density at radius 3 is 2.56 bits per heavy atom. The second kappa shape index (κ2) is 9.87. The number of ether oxygens (including phenoxy) is 1. The highest BCUT2D eigenvalue weighted by molar-refractivity contribution is 5.79. The largest absolute Gasteiger partial charge is 0.465 e. The fourth-order valence-electron chi connectivity index (χ4n) is 2.87. The number of nitrogens with one attached hydrogen (secondary N) is 1. The van der Waals surface area contributed by atoms with Gasteiger partial charge in [-0.05, 0) is 33.4 Å². The number of hydrogen-bond acceptors (Lipinski definition) is 5. The van der Waals surface area contributed by atoms with Gasteiger partial charge in [0.2, 0.25) is 5.91 Å². The van der Waals surface area contributed by atoms with Crippen LogP contribution in [0.1, 0.15) is 29.4 Å². The van der Waals surface area contributed by atoms with E-state index in [1.54, 1.807) is 18.9 Å². The van der Waals surface area contributed by atoms with E-state index < -0.39 is 0 Å². The highest BCUT2D eigenvalue weighted by atomic mass is 16.5. The lowest BCUT2D eigenvalue weighted by molar-refractivity contribution is -0.144. The Hall–Kier alpha value is -2.67. The molecule has 1 amide bonds. The topological polar surface area (TPSA) is 76.5 Å². The number of carbonyl (C=O) groups excluding carboxylic acids is 2. The van der Waals surface area contributed by atoms with Crippen molar-refractivity contribution in [2.45, 2.75) is 33.9 Å². The van der Waals surface area contributed by atoms with Crippen molar-refractivity contribution in [3.8, 4) is 0 Å². The van der Waals surface area contributed by atoms with E-state index in [0.29, 0.717) is 19.7 Å². The van der Waals surface area contributed by atoms with E-state index in [-0.39, 0.29) is 25.0 Å². The van der Waals surface area contributed by atoms with E-state index in [1.165, 1.54) is 5.56 Å². The molecule has 7 heteroatoms. The third-order valence-corrected chi connectivity index (χ3v) is 4.29. The van der Waals surface area contributed by atoms with Crippen molar-refractivity contribution in [3.63, 3.8) is 0 Å². The summed E-state index contributed by atoms with van der Waals surface area (Å²) in [5.41, 5.74) is 4.15. The predicted octanol–water partition coefficient (Wildman–Crippen LogP) is 1.66. The van der Waals surface area contributed by atoms with Crippen molar-refractivity contribution in [2.75, 3.05) is 26.7 Å². The maximum Gasteiger partial charge on any atom is 0.320 e. The molecule has 0 unspecified atom stereocenters. The van der Waals surface area contributed by atoms with Crippen molar-refractivity contribution in [3.05, 3.63) is 52.8 Å². The van der Waals surface area contributed by atoms with Crippen LogP contribution >= 0.6 is 0 Å². The number of aryl methyl sites for hydroxylation is 1. The van der Waals surface area contributed by atoms with Gasteiger partial charge in [0.15, 0.2) is 0 Å². The zero-order chi connectivity index (χ0) is 19.8. The Labute approximate surface area is 160 Å². The first-order valence-corrected chi connectivity index (χ1v) is 9.08. The van der Waals surface area contributed by atoms with E-state index in [0.717, 1.165) is 17.0 Å². The fraction of sp³-hybridized carbons (Fsp3) is 0.450. The first kappa shape index (κ1) is 20.6. The number of esters is 1. The van der Waals surface area contributed by atoms with Gasteiger partial charge in [-0.1, -0.05) is 30.3 Å². The van der Waals surface area contributed by atoms with Crippen LogP contribution in [-0.2, 0) is 27.4 Å². The molecule has 0 spiro atoms. The molecule has 7 nitrogen and oxygen atoms in total. The van der Waals surface area contributed by atoms with Crippen LogP contribution in [0.15, 0.2) is 30.3 Å². The number of aromatic nitrogens is 2. The third kappa shape index (κ3) is 6.21. The molecule has 0 aliphatic rings. The van der Waals surface area contributed by atoms with Crippen molar-refractivity contribution >= 4 is 11.9 Å². The summed E-state index contributed by atoms with van der Waals surface area (Å²) >= 11 is 0. The van der Waals surface area contributed by atoms with Crippen LogP contribution in [0.3, 0.4) is 0 Å². The highest BCUT2D eigenvalue weighted by Gasteiger charge is 2.15. The lowest BCUT2D eigenvalue weighted by atomic mass is 10.2. The van der Waals surface area contributed by atoms with Gasteiger partial charge in [0.25, 0.3) is 0 Å². The van der Waals surface area contributed by atoms with Crippen LogP contribution in [0, 0.1) is 13.8 Å². The molecule has 27 heavy (non-hydrogen) atoms. The lowest BCUT2D eigenvalue weighted by Crippen LogP contribution is -2.37. The molecular formula is C20H28N4O3. The number of likely N-dealkylation sites (N-methyl/N-ethyl adjacent to an activating group) is 1. The van der Waals surface area contributed by atoms with Crippen molar-refractivity contribution < 1.29 is 14.3 Å². The van der Waals surface area contributed by atoms with Gasteiger partial charge in [0, 0.05) is 17.8 Å².